The fourth-order valence-electron chi connectivity index (χ4n) is 3.66. The van der Waals surface area contributed by atoms with E-state index in [0.717, 1.165) is 24.0 Å². The van der Waals surface area contributed by atoms with Crippen LogP contribution in [0, 0.1) is 0 Å². The Morgan fingerprint density at radius 3 is 2.09 bits per heavy atom. The standard InChI is InChI=1S/C25H29N3O7/c29-13-14-35-20-9-7-18(8-10-20)17-3-5-19(6-4-17)24(33)27-23(21(31)16-30)25(34)26-15-22(32)28-11-1-2-12-28/h3-10,23,29-30H,1-2,11-16H2,(H,26,34)(H,27,33). The summed E-state index contributed by atoms with van der Waals surface area (Å²) >= 11 is 0. The van der Waals surface area contributed by atoms with Gasteiger partial charge in [0.05, 0.1) is 13.2 Å². The third kappa shape index (κ3) is 7.11. The van der Waals surface area contributed by atoms with E-state index in [1.54, 1.807) is 41.3 Å². The lowest BCUT2D eigenvalue weighted by Gasteiger charge is -2.19. The zero-order valence-corrected chi connectivity index (χ0v) is 19.2. The molecule has 1 aliphatic heterocycles. The van der Waals surface area contributed by atoms with E-state index in [4.69, 9.17) is 9.84 Å². The number of rotatable bonds is 11. The molecule has 0 saturated carbocycles. The Bertz CT molecular complexity index is 1030. The first kappa shape index (κ1) is 25.9. The van der Waals surface area contributed by atoms with Crippen LogP contribution in [0.3, 0.4) is 0 Å². The predicted octanol–water partition coefficient (Wildman–Crippen LogP) is 0.123. The molecule has 1 atom stereocenters. The van der Waals surface area contributed by atoms with Crippen molar-refractivity contribution in [3.05, 3.63) is 54.1 Å². The van der Waals surface area contributed by atoms with Crippen LogP contribution in [0.4, 0.5) is 0 Å². The molecular formula is C25H29N3O7. The zero-order valence-electron chi connectivity index (χ0n) is 19.2. The van der Waals surface area contributed by atoms with Crippen molar-refractivity contribution in [3.63, 3.8) is 0 Å². The van der Waals surface area contributed by atoms with Gasteiger partial charge in [-0.25, -0.2) is 0 Å². The van der Waals surface area contributed by atoms with Gasteiger partial charge in [0.2, 0.25) is 5.91 Å². The fraction of sp³-hybridized carbons (Fsp3) is 0.360. The van der Waals surface area contributed by atoms with Gasteiger partial charge >= 0.3 is 0 Å². The molecular weight excluding hydrogens is 454 g/mol. The summed E-state index contributed by atoms with van der Waals surface area (Å²) in [5.74, 6) is -2.05. The van der Waals surface area contributed by atoms with E-state index in [1.807, 2.05) is 12.1 Å². The molecule has 3 rings (SSSR count). The van der Waals surface area contributed by atoms with E-state index in [9.17, 15) is 24.3 Å². The Hall–Kier alpha value is -3.76. The minimum absolute atomic E-state index is 0.0750. The largest absolute Gasteiger partial charge is 0.491 e. The molecule has 0 radical (unpaired) electrons. The van der Waals surface area contributed by atoms with Gasteiger partial charge in [-0.2, -0.15) is 0 Å². The molecule has 1 heterocycles. The van der Waals surface area contributed by atoms with E-state index < -0.39 is 30.2 Å². The number of carbonyl (C=O) groups is 4. The summed E-state index contributed by atoms with van der Waals surface area (Å²) in [5.41, 5.74) is 1.92. The number of Topliss-reactive ketones (excluding diaryl/α,β-unsaturated/α-hetero) is 1. The lowest BCUT2D eigenvalue weighted by Crippen LogP contribution is -2.53. The molecule has 1 saturated heterocycles. The van der Waals surface area contributed by atoms with Gasteiger partial charge in [0.15, 0.2) is 11.8 Å². The second-order valence-corrected chi connectivity index (χ2v) is 8.01. The van der Waals surface area contributed by atoms with Crippen molar-refractivity contribution in [2.24, 2.45) is 0 Å². The Morgan fingerprint density at radius 2 is 1.51 bits per heavy atom. The monoisotopic (exact) mass is 483 g/mol. The maximum absolute atomic E-state index is 12.7. The lowest BCUT2D eigenvalue weighted by molar-refractivity contribution is -0.136. The van der Waals surface area contributed by atoms with Crippen molar-refractivity contribution >= 4 is 23.5 Å². The summed E-state index contributed by atoms with van der Waals surface area (Å²) in [6.45, 7) is 0.159. The molecule has 4 N–H and O–H groups in total. The molecule has 186 valence electrons. The number of aliphatic hydroxyl groups excluding tert-OH is 2. The maximum atomic E-state index is 12.7. The minimum Gasteiger partial charge on any atom is -0.491 e. The molecule has 1 unspecified atom stereocenters. The van der Waals surface area contributed by atoms with Gasteiger partial charge < -0.3 is 30.5 Å². The predicted molar refractivity (Wildman–Crippen MR) is 127 cm³/mol. The normalized spacial score (nSPS) is 13.7. The first-order valence-corrected chi connectivity index (χ1v) is 11.4. The zero-order chi connectivity index (χ0) is 25.2. The molecule has 0 bridgehead atoms. The van der Waals surface area contributed by atoms with Gasteiger partial charge in [0, 0.05) is 18.7 Å². The number of likely N-dealkylation sites (tertiary alicyclic amines) is 1. The summed E-state index contributed by atoms with van der Waals surface area (Å²) in [6.07, 6.45) is 1.81. The van der Waals surface area contributed by atoms with Crippen molar-refractivity contribution in [2.45, 2.75) is 18.9 Å². The van der Waals surface area contributed by atoms with Crippen LogP contribution in [0.25, 0.3) is 11.1 Å². The molecule has 10 heteroatoms. The number of ketones is 1. The van der Waals surface area contributed by atoms with Gasteiger partial charge in [-0.15, -0.1) is 0 Å². The highest BCUT2D eigenvalue weighted by Gasteiger charge is 2.29. The SMILES string of the molecule is O=C(NC(C(=O)CO)C(=O)NCC(=O)N1CCCC1)c1ccc(-c2ccc(OCCO)cc2)cc1. The van der Waals surface area contributed by atoms with Gasteiger partial charge in [-0.05, 0) is 48.2 Å². The number of benzene rings is 2. The minimum atomic E-state index is -1.62. The maximum Gasteiger partial charge on any atom is 0.252 e. The molecule has 0 aromatic heterocycles. The van der Waals surface area contributed by atoms with Crippen LogP contribution in [-0.2, 0) is 14.4 Å². The molecule has 0 spiro atoms. The van der Waals surface area contributed by atoms with Crippen molar-refractivity contribution < 1.29 is 34.1 Å². The molecule has 35 heavy (non-hydrogen) atoms. The van der Waals surface area contributed by atoms with Crippen LogP contribution in [0.1, 0.15) is 23.2 Å². The molecule has 1 aliphatic rings. The highest BCUT2D eigenvalue weighted by molar-refractivity contribution is 6.10. The smallest absolute Gasteiger partial charge is 0.252 e. The van der Waals surface area contributed by atoms with E-state index in [1.165, 1.54) is 0 Å². The average molecular weight is 484 g/mol. The number of aliphatic hydroxyl groups is 2. The Labute approximate surface area is 202 Å². The number of carbonyl (C=O) groups excluding carboxylic acids is 4. The molecule has 2 aromatic carbocycles. The van der Waals surface area contributed by atoms with Crippen LogP contribution < -0.4 is 15.4 Å². The fourth-order valence-corrected chi connectivity index (χ4v) is 3.66. The van der Waals surface area contributed by atoms with Crippen LogP contribution in [0.15, 0.2) is 48.5 Å². The van der Waals surface area contributed by atoms with Crippen molar-refractivity contribution in [3.8, 4) is 16.9 Å². The third-order valence-corrected chi connectivity index (χ3v) is 5.58. The third-order valence-electron chi connectivity index (χ3n) is 5.58. The Morgan fingerprint density at radius 1 is 0.914 bits per heavy atom. The quantitative estimate of drug-likeness (QED) is 0.332. The van der Waals surface area contributed by atoms with Gasteiger partial charge in [0.1, 0.15) is 19.0 Å². The van der Waals surface area contributed by atoms with Crippen molar-refractivity contribution in [2.75, 3.05) is 39.5 Å². The highest BCUT2D eigenvalue weighted by atomic mass is 16.5. The van der Waals surface area contributed by atoms with Gasteiger partial charge in [0.25, 0.3) is 11.8 Å². The van der Waals surface area contributed by atoms with E-state index in [2.05, 4.69) is 10.6 Å². The van der Waals surface area contributed by atoms with Gasteiger partial charge in [-0.3, -0.25) is 19.2 Å². The summed E-state index contributed by atoms with van der Waals surface area (Å²) < 4.78 is 5.34. The average Bonchev–Trinajstić information content (AvgIpc) is 3.44. The summed E-state index contributed by atoms with van der Waals surface area (Å²) in [7, 11) is 0. The second kappa shape index (κ2) is 12.6. The number of hydrogen-bond acceptors (Lipinski definition) is 7. The van der Waals surface area contributed by atoms with E-state index in [0.29, 0.717) is 18.8 Å². The van der Waals surface area contributed by atoms with Crippen LogP contribution in [0.2, 0.25) is 0 Å². The molecule has 2 aromatic rings. The summed E-state index contributed by atoms with van der Waals surface area (Å²) in [4.78, 5) is 51.1. The van der Waals surface area contributed by atoms with E-state index >= 15 is 0 Å². The van der Waals surface area contributed by atoms with Crippen LogP contribution >= 0.6 is 0 Å². The van der Waals surface area contributed by atoms with Crippen molar-refractivity contribution in [1.82, 2.24) is 15.5 Å². The van der Waals surface area contributed by atoms with Gasteiger partial charge in [-0.1, -0.05) is 24.3 Å². The summed E-state index contributed by atoms with van der Waals surface area (Å²) in [6, 6.07) is 12.1. The molecule has 1 fully saturated rings. The lowest BCUT2D eigenvalue weighted by atomic mass is 10.0. The molecule has 10 nitrogen and oxygen atoms in total. The van der Waals surface area contributed by atoms with E-state index in [-0.39, 0.29) is 31.2 Å². The second-order valence-electron chi connectivity index (χ2n) is 8.01. The number of amides is 3. The topological polar surface area (TPSA) is 145 Å². The van der Waals surface area contributed by atoms with Crippen LogP contribution in [-0.4, -0.2) is 84.1 Å². The number of hydrogen-bond donors (Lipinski definition) is 4. The number of ether oxygens (including phenoxy) is 1. The first-order chi connectivity index (χ1) is 16.9. The Balaban J connectivity index is 1.61. The Kier molecular flexibility index (Phi) is 9.33. The number of nitrogens with one attached hydrogen (secondary N) is 2. The first-order valence-electron chi connectivity index (χ1n) is 11.4. The van der Waals surface area contributed by atoms with Crippen molar-refractivity contribution in [1.29, 1.82) is 0 Å². The molecule has 0 aliphatic carbocycles. The highest BCUT2D eigenvalue weighted by Crippen LogP contribution is 2.23. The molecule has 3 amide bonds. The number of nitrogens with zero attached hydrogens (tertiary/aromatic N) is 1. The summed E-state index contributed by atoms with van der Waals surface area (Å²) in [5, 5.41) is 22.8. The van der Waals surface area contributed by atoms with Crippen LogP contribution in [0.5, 0.6) is 5.75 Å².